The van der Waals surface area contributed by atoms with Crippen molar-refractivity contribution in [1.29, 1.82) is 0 Å². The average Bonchev–Trinajstić information content (AvgIpc) is 2.72. The molecule has 0 saturated heterocycles. The van der Waals surface area contributed by atoms with Crippen LogP contribution in [0, 0.1) is 5.92 Å². The Hall–Kier alpha value is -1.50. The lowest BCUT2D eigenvalue weighted by atomic mass is 10.0. The van der Waals surface area contributed by atoms with Crippen LogP contribution >= 0.6 is 24.4 Å². The second-order valence-electron chi connectivity index (χ2n) is 7.55. The number of nitrogens with two attached hydrogens (primary N) is 2. The molecule has 180 valence electrons. The number of rotatable bonds is 16. The fourth-order valence-corrected chi connectivity index (χ4v) is 3.38. The molecular formula is C19H37N5O5S2. The van der Waals surface area contributed by atoms with Crippen LogP contribution in [0.15, 0.2) is 0 Å². The van der Waals surface area contributed by atoms with Crippen molar-refractivity contribution in [1.82, 2.24) is 16.0 Å². The van der Waals surface area contributed by atoms with Crippen LogP contribution < -0.4 is 27.4 Å². The Balaban J connectivity index is 5.04. The molecule has 4 atom stereocenters. The molecule has 10 nitrogen and oxygen atoms in total. The normalized spacial score (nSPS) is 14.9. The zero-order valence-corrected chi connectivity index (χ0v) is 20.1. The lowest BCUT2D eigenvalue weighted by molar-refractivity contribution is -0.142. The minimum atomic E-state index is -1.14. The second-order valence-corrected chi connectivity index (χ2v) is 8.90. The van der Waals surface area contributed by atoms with E-state index in [1.165, 1.54) is 11.8 Å². The maximum atomic E-state index is 12.7. The third kappa shape index (κ3) is 11.6. The van der Waals surface area contributed by atoms with E-state index >= 15 is 0 Å². The number of unbranched alkanes of at least 4 members (excludes halogenated alkanes) is 1. The Bertz CT molecular complexity index is 594. The topological polar surface area (TPSA) is 177 Å². The van der Waals surface area contributed by atoms with E-state index in [2.05, 4.69) is 28.6 Å². The van der Waals surface area contributed by atoms with Crippen molar-refractivity contribution < 1.29 is 24.3 Å². The lowest BCUT2D eigenvalue weighted by Crippen LogP contribution is -2.59. The van der Waals surface area contributed by atoms with Crippen molar-refractivity contribution in [3.05, 3.63) is 0 Å². The smallest absolute Gasteiger partial charge is 0.326 e. The summed E-state index contributed by atoms with van der Waals surface area (Å²) < 4.78 is 0. The van der Waals surface area contributed by atoms with Gasteiger partial charge < -0.3 is 32.5 Å². The molecule has 0 saturated carbocycles. The van der Waals surface area contributed by atoms with Gasteiger partial charge in [-0.25, -0.2) is 4.79 Å². The molecule has 3 amide bonds. The molecule has 8 N–H and O–H groups in total. The van der Waals surface area contributed by atoms with E-state index in [0.29, 0.717) is 25.1 Å². The van der Waals surface area contributed by atoms with Crippen LogP contribution in [-0.2, 0) is 19.2 Å². The van der Waals surface area contributed by atoms with Crippen LogP contribution in [0.5, 0.6) is 0 Å². The monoisotopic (exact) mass is 479 g/mol. The van der Waals surface area contributed by atoms with E-state index in [1.54, 1.807) is 13.8 Å². The van der Waals surface area contributed by atoms with Gasteiger partial charge in [-0.3, -0.25) is 14.4 Å². The highest BCUT2D eigenvalue weighted by Gasteiger charge is 2.31. The molecule has 0 bridgehead atoms. The number of amides is 3. The number of thioether (sulfide) groups is 1. The number of thiol groups is 1. The maximum absolute atomic E-state index is 12.7. The van der Waals surface area contributed by atoms with Gasteiger partial charge in [-0.2, -0.15) is 24.4 Å². The molecule has 4 unspecified atom stereocenters. The van der Waals surface area contributed by atoms with Crippen LogP contribution in [0.1, 0.15) is 39.5 Å². The van der Waals surface area contributed by atoms with Crippen molar-refractivity contribution in [3.8, 4) is 0 Å². The number of hydrogen-bond acceptors (Lipinski definition) is 8. The predicted molar refractivity (Wildman–Crippen MR) is 126 cm³/mol. The summed E-state index contributed by atoms with van der Waals surface area (Å²) in [7, 11) is 0. The predicted octanol–water partition coefficient (Wildman–Crippen LogP) is -0.679. The highest BCUT2D eigenvalue weighted by molar-refractivity contribution is 7.98. The first-order chi connectivity index (χ1) is 14.6. The Kier molecular flexibility index (Phi) is 15.4. The van der Waals surface area contributed by atoms with E-state index in [1.807, 2.05) is 6.26 Å². The molecule has 0 rings (SSSR count). The van der Waals surface area contributed by atoms with E-state index in [9.17, 15) is 24.3 Å². The first kappa shape index (κ1) is 29.5. The van der Waals surface area contributed by atoms with Gasteiger partial charge in [0.2, 0.25) is 17.7 Å². The summed E-state index contributed by atoms with van der Waals surface area (Å²) in [5, 5.41) is 16.9. The number of hydrogen-bond donors (Lipinski definition) is 7. The van der Waals surface area contributed by atoms with Crippen molar-refractivity contribution >= 4 is 48.1 Å². The van der Waals surface area contributed by atoms with Crippen LogP contribution in [0.4, 0.5) is 0 Å². The van der Waals surface area contributed by atoms with Gasteiger partial charge in [0, 0.05) is 5.75 Å². The summed E-state index contributed by atoms with van der Waals surface area (Å²) in [6.07, 6.45) is 3.98. The van der Waals surface area contributed by atoms with Gasteiger partial charge in [0.15, 0.2) is 0 Å². The minimum absolute atomic E-state index is 0.00496. The highest BCUT2D eigenvalue weighted by atomic mass is 32.2. The third-order valence-electron chi connectivity index (χ3n) is 4.59. The standard InChI is InChI=1S/C19H37N5O5S2/c1-11(2)15(18(27)22-13(19(28)29)7-9-31-3)24-17(26)14(10-30)23-16(25)12(21)6-4-5-8-20/h11-15,30H,4-10,20-21H2,1-3H3,(H,22,27)(H,23,25)(H,24,26)(H,28,29). The molecule has 0 aromatic rings. The van der Waals surface area contributed by atoms with Gasteiger partial charge >= 0.3 is 5.97 Å². The zero-order chi connectivity index (χ0) is 24.0. The Labute approximate surface area is 193 Å². The Morgan fingerprint density at radius 1 is 0.968 bits per heavy atom. The fraction of sp³-hybridized carbons (Fsp3) is 0.789. The summed E-state index contributed by atoms with van der Waals surface area (Å²) in [5.74, 6) is -2.56. The first-order valence-electron chi connectivity index (χ1n) is 10.3. The zero-order valence-electron chi connectivity index (χ0n) is 18.4. The van der Waals surface area contributed by atoms with Gasteiger partial charge in [-0.05, 0) is 43.7 Å². The number of carbonyl (C=O) groups excluding carboxylic acids is 3. The number of nitrogens with one attached hydrogen (secondary N) is 3. The molecular weight excluding hydrogens is 442 g/mol. The quantitative estimate of drug-likeness (QED) is 0.112. The summed E-state index contributed by atoms with van der Waals surface area (Å²) >= 11 is 5.59. The number of aliphatic carboxylic acids is 1. The van der Waals surface area contributed by atoms with E-state index in [0.717, 1.165) is 6.42 Å². The van der Waals surface area contributed by atoms with Gasteiger partial charge in [0.25, 0.3) is 0 Å². The molecule has 0 aromatic carbocycles. The van der Waals surface area contributed by atoms with Gasteiger partial charge in [0.1, 0.15) is 18.1 Å². The Morgan fingerprint density at radius 2 is 1.58 bits per heavy atom. The number of carbonyl (C=O) groups is 4. The van der Waals surface area contributed by atoms with Crippen LogP contribution in [0.2, 0.25) is 0 Å². The molecule has 0 aromatic heterocycles. The molecule has 31 heavy (non-hydrogen) atoms. The highest BCUT2D eigenvalue weighted by Crippen LogP contribution is 2.07. The summed E-state index contributed by atoms with van der Waals surface area (Å²) in [6, 6.07) is -3.79. The summed E-state index contributed by atoms with van der Waals surface area (Å²) in [4.78, 5) is 49.0. The number of carboxylic acid groups (broad SMARTS) is 1. The number of carboxylic acids is 1. The molecule has 0 aliphatic rings. The third-order valence-corrected chi connectivity index (χ3v) is 5.60. The van der Waals surface area contributed by atoms with Crippen LogP contribution in [0.3, 0.4) is 0 Å². The summed E-state index contributed by atoms with van der Waals surface area (Å²) in [6.45, 7) is 3.96. The second kappa shape index (κ2) is 16.2. The van der Waals surface area contributed by atoms with Crippen molar-refractivity contribution in [3.63, 3.8) is 0 Å². The van der Waals surface area contributed by atoms with Crippen LogP contribution in [-0.4, -0.2) is 77.3 Å². The van der Waals surface area contributed by atoms with E-state index < -0.39 is 47.9 Å². The van der Waals surface area contributed by atoms with Gasteiger partial charge in [-0.15, -0.1) is 0 Å². The SMILES string of the molecule is CSCCC(NC(=O)C(NC(=O)C(CS)NC(=O)C(N)CCCCN)C(C)C)C(=O)O. The molecule has 0 radical (unpaired) electrons. The summed E-state index contributed by atoms with van der Waals surface area (Å²) in [5.41, 5.74) is 11.3. The first-order valence-corrected chi connectivity index (χ1v) is 12.3. The van der Waals surface area contributed by atoms with Crippen LogP contribution in [0.25, 0.3) is 0 Å². The van der Waals surface area contributed by atoms with Crippen molar-refractivity contribution in [2.75, 3.05) is 24.3 Å². The van der Waals surface area contributed by atoms with Gasteiger partial charge in [0.05, 0.1) is 6.04 Å². The minimum Gasteiger partial charge on any atom is -0.480 e. The maximum Gasteiger partial charge on any atom is 0.326 e. The molecule has 0 spiro atoms. The molecule has 0 aliphatic carbocycles. The van der Waals surface area contributed by atoms with Crippen molar-refractivity contribution in [2.24, 2.45) is 17.4 Å². The molecule has 0 fully saturated rings. The molecule has 0 heterocycles. The van der Waals surface area contributed by atoms with Crippen molar-refractivity contribution in [2.45, 2.75) is 63.7 Å². The average molecular weight is 480 g/mol. The van der Waals surface area contributed by atoms with E-state index in [4.69, 9.17) is 11.5 Å². The fourth-order valence-electron chi connectivity index (χ4n) is 2.66. The largest absolute Gasteiger partial charge is 0.480 e. The van der Waals surface area contributed by atoms with Gasteiger partial charge in [-0.1, -0.05) is 20.3 Å². The Morgan fingerprint density at radius 3 is 2.06 bits per heavy atom. The lowest BCUT2D eigenvalue weighted by Gasteiger charge is -2.26. The molecule has 0 aliphatic heterocycles. The van der Waals surface area contributed by atoms with E-state index in [-0.39, 0.29) is 18.1 Å². The molecule has 12 heteroatoms.